The van der Waals surface area contributed by atoms with E-state index in [4.69, 9.17) is 11.6 Å². The van der Waals surface area contributed by atoms with E-state index in [1.54, 1.807) is 12.4 Å². The molecule has 2 aliphatic rings. The maximum atomic E-state index is 10.4. The molecule has 0 atom stereocenters. The second kappa shape index (κ2) is 7.74. The standard InChI is InChI=1S/C23H23ClN6O/c1-14-7-15(2)9-18(8-14)29-3-5-30(6-4-29)23-27-20(22(31)28-23)10-16-12-25-21-19(16)11-17(24)13-26-21/h7-13,31H,3-6H2,1-2H3,(H,27,28). The summed E-state index contributed by atoms with van der Waals surface area (Å²) < 4.78 is 0. The number of allylic oxidation sites excluding steroid dienone is 1. The van der Waals surface area contributed by atoms with Crippen LogP contribution in [0.15, 0.2) is 35.5 Å². The average molecular weight is 435 g/mol. The van der Waals surface area contributed by atoms with E-state index in [2.05, 4.69) is 61.8 Å². The molecule has 4 heterocycles. The Morgan fingerprint density at radius 2 is 1.74 bits per heavy atom. The molecule has 1 fully saturated rings. The maximum Gasteiger partial charge on any atom is 0.238 e. The molecule has 1 aromatic carbocycles. The van der Waals surface area contributed by atoms with Crippen LogP contribution < -0.4 is 9.80 Å². The number of aryl methyl sites for hydroxylation is 2. The van der Waals surface area contributed by atoms with E-state index in [9.17, 15) is 5.11 Å². The third kappa shape index (κ3) is 3.88. The molecule has 2 aromatic heterocycles. The van der Waals surface area contributed by atoms with Crippen LogP contribution in [0.2, 0.25) is 5.02 Å². The number of hydrogen-bond donors (Lipinski definition) is 2. The third-order valence-corrected chi connectivity index (χ3v) is 5.83. The Hall–Kier alpha value is -3.32. The summed E-state index contributed by atoms with van der Waals surface area (Å²) in [7, 11) is 0. The highest BCUT2D eigenvalue weighted by Crippen LogP contribution is 2.34. The van der Waals surface area contributed by atoms with Crippen molar-refractivity contribution in [1.82, 2.24) is 15.0 Å². The van der Waals surface area contributed by atoms with Gasteiger partial charge in [-0.05, 0) is 49.2 Å². The molecule has 0 bridgehead atoms. The van der Waals surface area contributed by atoms with Gasteiger partial charge in [0.15, 0.2) is 5.82 Å². The number of pyridine rings is 1. The number of rotatable bonds is 3. The lowest BCUT2D eigenvalue weighted by atomic mass is 10.1. The van der Waals surface area contributed by atoms with Gasteiger partial charge in [0.2, 0.25) is 11.8 Å². The summed E-state index contributed by atoms with van der Waals surface area (Å²) in [5.41, 5.74) is 6.02. The quantitative estimate of drug-likeness (QED) is 0.640. The van der Waals surface area contributed by atoms with Crippen LogP contribution in [0.5, 0.6) is 5.88 Å². The zero-order valence-electron chi connectivity index (χ0n) is 17.4. The number of anilines is 2. The van der Waals surface area contributed by atoms with Crippen LogP contribution in [-0.4, -0.2) is 52.5 Å². The number of aromatic nitrogens is 3. The van der Waals surface area contributed by atoms with Crippen molar-refractivity contribution in [3.8, 4) is 5.88 Å². The van der Waals surface area contributed by atoms with E-state index < -0.39 is 0 Å². The number of imidazole rings is 1. The fraction of sp³-hybridized carbons (Fsp3) is 0.261. The Morgan fingerprint density at radius 3 is 2.48 bits per heavy atom. The number of aliphatic imine (C=N–C) groups is 1. The fourth-order valence-corrected chi connectivity index (χ4v) is 4.30. The summed E-state index contributed by atoms with van der Waals surface area (Å²) in [6, 6.07) is 8.48. The molecule has 0 amide bonds. The number of nitrogens with zero attached hydrogens (tertiary/aromatic N) is 5. The Bertz CT molecular complexity index is 1190. The first-order valence-corrected chi connectivity index (χ1v) is 10.6. The van der Waals surface area contributed by atoms with Gasteiger partial charge < -0.3 is 19.9 Å². The number of piperazine rings is 1. The average Bonchev–Trinajstić information content (AvgIpc) is 3.31. The van der Waals surface area contributed by atoms with Crippen molar-refractivity contribution < 1.29 is 5.11 Å². The molecule has 8 heteroatoms. The first-order valence-electron chi connectivity index (χ1n) is 10.2. The van der Waals surface area contributed by atoms with E-state index in [0.717, 1.165) is 37.3 Å². The SMILES string of the molecule is Cc1cc(C)cc(N2CCN(c3nc(O)c(C=C4C=Nc5ncc(Cl)cc54)[nH]3)CC2)c1. The second-order valence-electron chi connectivity index (χ2n) is 8.00. The summed E-state index contributed by atoms with van der Waals surface area (Å²) in [6.07, 6.45) is 5.12. The molecule has 31 heavy (non-hydrogen) atoms. The van der Waals surface area contributed by atoms with E-state index in [1.807, 2.05) is 12.1 Å². The molecule has 0 aliphatic carbocycles. The van der Waals surface area contributed by atoms with Gasteiger partial charge in [-0.3, -0.25) is 0 Å². The number of H-pyrrole nitrogens is 1. The van der Waals surface area contributed by atoms with Crippen molar-refractivity contribution in [2.75, 3.05) is 36.0 Å². The van der Waals surface area contributed by atoms with Crippen LogP contribution in [0.1, 0.15) is 22.4 Å². The van der Waals surface area contributed by atoms with Gasteiger partial charge >= 0.3 is 0 Å². The summed E-state index contributed by atoms with van der Waals surface area (Å²) in [5, 5.41) is 11.0. The summed E-state index contributed by atoms with van der Waals surface area (Å²) >= 11 is 6.08. The lowest BCUT2D eigenvalue weighted by molar-refractivity contribution is 0.455. The Labute approximate surface area is 185 Å². The van der Waals surface area contributed by atoms with Crippen LogP contribution in [-0.2, 0) is 0 Å². The number of aromatic hydroxyl groups is 1. The number of nitrogens with one attached hydrogen (secondary N) is 1. The highest BCUT2D eigenvalue weighted by atomic mass is 35.5. The molecular formula is C23H23ClN6O. The van der Waals surface area contributed by atoms with Crippen molar-refractivity contribution in [3.05, 3.63) is 57.9 Å². The number of fused-ring (bicyclic) bond motifs is 1. The van der Waals surface area contributed by atoms with Gasteiger partial charge in [0.25, 0.3) is 0 Å². The van der Waals surface area contributed by atoms with Crippen molar-refractivity contribution >= 4 is 46.9 Å². The molecule has 2 aliphatic heterocycles. The molecular weight excluding hydrogens is 412 g/mol. The smallest absolute Gasteiger partial charge is 0.238 e. The third-order valence-electron chi connectivity index (χ3n) is 5.62. The predicted octanol–water partition coefficient (Wildman–Crippen LogP) is 4.36. The molecule has 158 valence electrons. The van der Waals surface area contributed by atoms with Gasteiger partial charge in [-0.2, -0.15) is 4.98 Å². The minimum absolute atomic E-state index is 0.0314. The van der Waals surface area contributed by atoms with Gasteiger partial charge in [0, 0.05) is 55.4 Å². The maximum absolute atomic E-state index is 10.4. The van der Waals surface area contributed by atoms with Crippen LogP contribution in [0.3, 0.4) is 0 Å². The predicted molar refractivity (Wildman–Crippen MR) is 126 cm³/mol. The Balaban J connectivity index is 1.32. The van der Waals surface area contributed by atoms with Crippen LogP contribution in [0.4, 0.5) is 17.5 Å². The summed E-state index contributed by atoms with van der Waals surface area (Å²) in [6.45, 7) is 7.69. The minimum Gasteiger partial charge on any atom is -0.492 e. The lowest BCUT2D eigenvalue weighted by Crippen LogP contribution is -2.47. The molecule has 1 saturated heterocycles. The van der Waals surface area contributed by atoms with Crippen molar-refractivity contribution in [2.24, 2.45) is 4.99 Å². The largest absolute Gasteiger partial charge is 0.492 e. The van der Waals surface area contributed by atoms with Gasteiger partial charge in [0.05, 0.1) is 5.02 Å². The molecule has 3 aromatic rings. The first kappa shape index (κ1) is 19.6. The normalized spacial score (nSPS) is 16.9. The van der Waals surface area contributed by atoms with Gasteiger partial charge in [0.1, 0.15) is 5.69 Å². The van der Waals surface area contributed by atoms with E-state index in [1.165, 1.54) is 16.8 Å². The molecule has 0 unspecified atom stereocenters. The molecule has 0 radical (unpaired) electrons. The zero-order valence-corrected chi connectivity index (χ0v) is 18.2. The molecule has 7 nitrogen and oxygen atoms in total. The molecule has 2 N–H and O–H groups in total. The highest BCUT2D eigenvalue weighted by molar-refractivity contribution is 6.31. The molecule has 5 rings (SSSR count). The summed E-state index contributed by atoms with van der Waals surface area (Å²) in [5.74, 6) is 1.26. The van der Waals surface area contributed by atoms with Crippen molar-refractivity contribution in [2.45, 2.75) is 13.8 Å². The fourth-order valence-electron chi connectivity index (χ4n) is 4.14. The number of aromatic amines is 1. The van der Waals surface area contributed by atoms with Gasteiger partial charge in [-0.1, -0.05) is 17.7 Å². The van der Waals surface area contributed by atoms with Crippen molar-refractivity contribution in [1.29, 1.82) is 0 Å². The number of halogens is 1. The number of hydrogen-bond acceptors (Lipinski definition) is 6. The van der Waals surface area contributed by atoms with Crippen LogP contribution in [0.25, 0.3) is 11.6 Å². The molecule has 0 spiro atoms. The van der Waals surface area contributed by atoms with E-state index in [0.29, 0.717) is 22.5 Å². The first-order chi connectivity index (χ1) is 15.0. The highest BCUT2D eigenvalue weighted by Gasteiger charge is 2.22. The van der Waals surface area contributed by atoms with Crippen LogP contribution in [0, 0.1) is 13.8 Å². The monoisotopic (exact) mass is 434 g/mol. The summed E-state index contributed by atoms with van der Waals surface area (Å²) in [4.78, 5) is 20.7. The van der Waals surface area contributed by atoms with Gasteiger partial charge in [-0.25, -0.2) is 9.98 Å². The Kier molecular flexibility index (Phi) is 4.90. The Morgan fingerprint density at radius 1 is 1.03 bits per heavy atom. The van der Waals surface area contributed by atoms with Gasteiger partial charge in [-0.15, -0.1) is 0 Å². The second-order valence-corrected chi connectivity index (χ2v) is 8.44. The number of benzene rings is 1. The van der Waals surface area contributed by atoms with E-state index in [-0.39, 0.29) is 5.88 Å². The lowest BCUT2D eigenvalue weighted by Gasteiger charge is -2.36. The van der Waals surface area contributed by atoms with Crippen LogP contribution >= 0.6 is 11.6 Å². The van der Waals surface area contributed by atoms with Crippen molar-refractivity contribution in [3.63, 3.8) is 0 Å². The minimum atomic E-state index is -0.0314. The molecule has 0 saturated carbocycles. The van der Waals surface area contributed by atoms with E-state index >= 15 is 0 Å². The topological polar surface area (TPSA) is 80.6 Å². The zero-order chi connectivity index (χ0) is 21.5.